The van der Waals surface area contributed by atoms with Gasteiger partial charge < -0.3 is 19.5 Å². The van der Waals surface area contributed by atoms with E-state index in [0.29, 0.717) is 18.8 Å². The zero-order chi connectivity index (χ0) is 29.5. The molecular weight excluding hydrogens is 532 g/mol. The van der Waals surface area contributed by atoms with Gasteiger partial charge in [-0.2, -0.15) is 0 Å². The van der Waals surface area contributed by atoms with Gasteiger partial charge in [0, 0.05) is 26.3 Å². The molecule has 0 bridgehead atoms. The number of pyridine rings is 1. The molecule has 1 amide bonds. The third kappa shape index (κ3) is 6.38. The molecule has 218 valence electrons. The van der Waals surface area contributed by atoms with E-state index in [-0.39, 0.29) is 43.2 Å². The van der Waals surface area contributed by atoms with Gasteiger partial charge in [0.25, 0.3) is 5.91 Å². The summed E-state index contributed by atoms with van der Waals surface area (Å²) in [7, 11) is 1.59. The van der Waals surface area contributed by atoms with E-state index in [0.717, 1.165) is 16.7 Å². The molecular formula is C33H36N4O5. The Morgan fingerprint density at radius 2 is 1.50 bits per heavy atom. The Balaban J connectivity index is 1.73. The Labute approximate surface area is 245 Å². The van der Waals surface area contributed by atoms with E-state index in [9.17, 15) is 14.7 Å². The highest BCUT2D eigenvalue weighted by molar-refractivity contribution is 5.96. The standard InChI is InChI=1S/C33H36N4O5/c1-24(38)34-21-28-20-29(39)32(42-22-25-12-6-3-7-13-25)31-33(40)35(18-19-41-2)23-36(37(28)31)30(26-14-8-4-9-15-26)27-16-10-5-11-17-27/h3-17,20,24,30,34,38H,18-19,21-23H2,1-2H3. The molecule has 1 aliphatic heterocycles. The van der Waals surface area contributed by atoms with Crippen molar-refractivity contribution in [2.75, 3.05) is 31.9 Å². The fraction of sp³-hybridized carbons (Fsp3) is 0.273. The number of benzene rings is 3. The molecule has 9 nitrogen and oxygen atoms in total. The van der Waals surface area contributed by atoms with Gasteiger partial charge in [0.05, 0.1) is 18.3 Å². The number of carbonyl (C=O) groups is 1. The average Bonchev–Trinajstić information content (AvgIpc) is 3.01. The quantitative estimate of drug-likeness (QED) is 0.252. The van der Waals surface area contributed by atoms with Crippen LogP contribution >= 0.6 is 0 Å². The van der Waals surface area contributed by atoms with Crippen LogP contribution < -0.4 is 20.5 Å². The van der Waals surface area contributed by atoms with Crippen LogP contribution in [0, 0.1) is 0 Å². The summed E-state index contributed by atoms with van der Waals surface area (Å²) in [6.45, 7) is 2.77. The maximum Gasteiger partial charge on any atom is 0.277 e. The van der Waals surface area contributed by atoms with Gasteiger partial charge in [0.2, 0.25) is 5.43 Å². The van der Waals surface area contributed by atoms with Crippen LogP contribution in [-0.2, 0) is 17.9 Å². The van der Waals surface area contributed by atoms with Gasteiger partial charge in [-0.15, -0.1) is 0 Å². The SMILES string of the molecule is COCCN1CN(C(c2ccccc2)c2ccccc2)n2c(CNC(C)O)cc(=O)c(OCc3ccccc3)c2C1=O. The summed E-state index contributed by atoms with van der Waals surface area (Å²) in [5.74, 6) is -0.348. The topological polar surface area (TPSA) is 96.3 Å². The first-order chi connectivity index (χ1) is 20.5. The first kappa shape index (κ1) is 29.1. The molecule has 1 aromatic heterocycles. The fourth-order valence-electron chi connectivity index (χ4n) is 5.19. The molecule has 1 aliphatic rings. The highest BCUT2D eigenvalue weighted by Gasteiger charge is 2.38. The van der Waals surface area contributed by atoms with Gasteiger partial charge >= 0.3 is 0 Å². The van der Waals surface area contributed by atoms with E-state index >= 15 is 0 Å². The van der Waals surface area contributed by atoms with E-state index in [1.807, 2.05) is 66.7 Å². The van der Waals surface area contributed by atoms with Crippen molar-refractivity contribution in [3.63, 3.8) is 0 Å². The highest BCUT2D eigenvalue weighted by Crippen LogP contribution is 2.33. The lowest BCUT2D eigenvalue weighted by Crippen LogP contribution is -2.57. The Morgan fingerprint density at radius 1 is 0.905 bits per heavy atom. The van der Waals surface area contributed by atoms with Gasteiger partial charge in [0.1, 0.15) is 19.5 Å². The average molecular weight is 569 g/mol. The predicted molar refractivity (Wildman–Crippen MR) is 161 cm³/mol. The van der Waals surface area contributed by atoms with Crippen LogP contribution in [0.4, 0.5) is 0 Å². The predicted octanol–water partition coefficient (Wildman–Crippen LogP) is 3.64. The molecule has 3 aromatic carbocycles. The Morgan fingerprint density at radius 3 is 2.07 bits per heavy atom. The zero-order valence-corrected chi connectivity index (χ0v) is 23.8. The van der Waals surface area contributed by atoms with Crippen molar-refractivity contribution in [2.45, 2.75) is 32.3 Å². The van der Waals surface area contributed by atoms with Gasteiger partial charge in [0.15, 0.2) is 11.4 Å². The first-order valence-electron chi connectivity index (χ1n) is 14.0. The second-order valence-corrected chi connectivity index (χ2v) is 10.2. The van der Waals surface area contributed by atoms with E-state index in [2.05, 4.69) is 34.6 Å². The number of hydrogen-bond donors (Lipinski definition) is 2. The molecule has 2 N–H and O–H groups in total. The van der Waals surface area contributed by atoms with Crippen LogP contribution in [0.3, 0.4) is 0 Å². The second kappa shape index (κ2) is 13.5. The maximum atomic E-state index is 14.2. The largest absolute Gasteiger partial charge is 0.482 e. The van der Waals surface area contributed by atoms with Gasteiger partial charge in [-0.1, -0.05) is 91.0 Å². The van der Waals surface area contributed by atoms with E-state index in [1.165, 1.54) is 6.07 Å². The summed E-state index contributed by atoms with van der Waals surface area (Å²) in [6.07, 6.45) is -0.824. The number of methoxy groups -OCH3 is 1. The summed E-state index contributed by atoms with van der Waals surface area (Å²) >= 11 is 0. The number of carbonyl (C=O) groups excluding carboxylic acids is 1. The number of aliphatic hydroxyl groups is 1. The highest BCUT2D eigenvalue weighted by atomic mass is 16.5. The monoisotopic (exact) mass is 568 g/mol. The van der Waals surface area contributed by atoms with Gasteiger partial charge in [-0.25, -0.2) is 4.68 Å². The van der Waals surface area contributed by atoms with Crippen LogP contribution in [0.25, 0.3) is 0 Å². The minimum Gasteiger partial charge on any atom is -0.482 e. The van der Waals surface area contributed by atoms with Crippen LogP contribution in [0.1, 0.15) is 45.8 Å². The van der Waals surface area contributed by atoms with Crippen molar-refractivity contribution >= 4 is 5.91 Å². The molecule has 0 fully saturated rings. The Kier molecular flexibility index (Phi) is 9.33. The van der Waals surface area contributed by atoms with E-state index in [4.69, 9.17) is 9.47 Å². The van der Waals surface area contributed by atoms with Crippen molar-refractivity contribution in [1.82, 2.24) is 14.9 Å². The Hall–Kier alpha value is -4.44. The number of fused-ring (bicyclic) bond motifs is 1. The van der Waals surface area contributed by atoms with Crippen molar-refractivity contribution < 1.29 is 19.4 Å². The van der Waals surface area contributed by atoms with Crippen molar-refractivity contribution in [3.05, 3.63) is 135 Å². The van der Waals surface area contributed by atoms with Crippen LogP contribution in [0.5, 0.6) is 5.75 Å². The van der Waals surface area contributed by atoms with E-state index in [1.54, 1.807) is 23.6 Å². The number of nitrogens with zero attached hydrogens (tertiary/aromatic N) is 3. The van der Waals surface area contributed by atoms with E-state index < -0.39 is 11.7 Å². The number of rotatable bonds is 12. The minimum atomic E-state index is -0.824. The van der Waals surface area contributed by atoms with Crippen molar-refractivity contribution in [2.24, 2.45) is 0 Å². The minimum absolute atomic E-state index is 0.0170. The maximum absolute atomic E-state index is 14.2. The molecule has 1 atom stereocenters. The molecule has 0 saturated heterocycles. The smallest absolute Gasteiger partial charge is 0.277 e. The summed E-state index contributed by atoms with van der Waals surface area (Å²) in [6, 6.07) is 30.8. The third-order valence-electron chi connectivity index (χ3n) is 7.18. The molecule has 0 radical (unpaired) electrons. The van der Waals surface area contributed by atoms with Crippen LogP contribution in [-0.4, -0.2) is 53.7 Å². The molecule has 1 unspecified atom stereocenters. The number of nitrogens with one attached hydrogen (secondary N) is 1. The van der Waals surface area contributed by atoms with Crippen LogP contribution in [0.2, 0.25) is 0 Å². The van der Waals surface area contributed by atoms with Gasteiger partial charge in [-0.05, 0) is 23.6 Å². The number of hydrogen-bond acceptors (Lipinski definition) is 7. The van der Waals surface area contributed by atoms with Crippen molar-refractivity contribution in [3.8, 4) is 5.75 Å². The molecule has 5 rings (SSSR count). The summed E-state index contributed by atoms with van der Waals surface area (Å²) in [5.41, 5.74) is 3.15. The lowest BCUT2D eigenvalue weighted by Gasteiger charge is -2.45. The number of ether oxygens (including phenoxy) is 2. The summed E-state index contributed by atoms with van der Waals surface area (Å²) in [5, 5.41) is 15.1. The summed E-state index contributed by atoms with van der Waals surface area (Å²) < 4.78 is 13.3. The normalized spacial score (nSPS) is 13.8. The molecule has 9 heteroatoms. The van der Waals surface area contributed by atoms with Crippen LogP contribution in [0.15, 0.2) is 102 Å². The second-order valence-electron chi connectivity index (χ2n) is 10.2. The van der Waals surface area contributed by atoms with Crippen molar-refractivity contribution in [1.29, 1.82) is 0 Å². The lowest BCUT2D eigenvalue weighted by atomic mass is 9.98. The molecule has 42 heavy (non-hydrogen) atoms. The molecule has 2 heterocycles. The zero-order valence-electron chi connectivity index (χ0n) is 23.8. The number of aromatic nitrogens is 1. The van der Waals surface area contributed by atoms with Gasteiger partial charge in [-0.3, -0.25) is 19.9 Å². The molecule has 4 aromatic rings. The third-order valence-corrected chi connectivity index (χ3v) is 7.18. The summed E-state index contributed by atoms with van der Waals surface area (Å²) in [4.78, 5) is 29.5. The first-order valence-corrected chi connectivity index (χ1v) is 14.0. The molecule has 0 spiro atoms. The number of amides is 1. The molecule has 0 saturated carbocycles. The number of aliphatic hydroxyl groups excluding tert-OH is 1. The Bertz CT molecular complexity index is 1490. The molecule has 0 aliphatic carbocycles. The fourth-order valence-corrected chi connectivity index (χ4v) is 5.19. The lowest BCUT2D eigenvalue weighted by molar-refractivity contribution is 0.0608.